The lowest BCUT2D eigenvalue weighted by molar-refractivity contribution is 1.27. The van der Waals surface area contributed by atoms with Gasteiger partial charge in [-0.15, -0.1) is 0 Å². The van der Waals surface area contributed by atoms with Crippen LogP contribution in [0.1, 0.15) is 5.56 Å². The first-order valence-electron chi connectivity index (χ1n) is 6.79. The molecule has 0 saturated carbocycles. The lowest BCUT2D eigenvalue weighted by Crippen LogP contribution is -1.90. The molecule has 0 saturated heterocycles. The fourth-order valence-electron chi connectivity index (χ4n) is 2.49. The molecule has 0 unspecified atom stereocenters. The number of pyridine rings is 1. The van der Waals surface area contributed by atoms with E-state index in [0.717, 1.165) is 27.9 Å². The van der Waals surface area contributed by atoms with Gasteiger partial charge in [0.15, 0.2) is 5.69 Å². The van der Waals surface area contributed by atoms with Crippen LogP contribution in [0, 0.1) is 13.5 Å². The molecule has 0 aliphatic heterocycles. The molecule has 2 aromatic carbocycles. The normalized spacial score (nSPS) is 10.1. The van der Waals surface area contributed by atoms with Gasteiger partial charge in [0.25, 0.3) is 0 Å². The SMILES string of the molecule is [C-]#[N+]c1ccccc1-c1ccccc1-c1ncccc1C. The number of nitrogens with zero attached hydrogens (tertiary/aromatic N) is 2. The Labute approximate surface area is 124 Å². The van der Waals surface area contributed by atoms with Gasteiger partial charge in [-0.05, 0) is 29.7 Å². The Morgan fingerprint density at radius 1 is 0.810 bits per heavy atom. The van der Waals surface area contributed by atoms with Crippen LogP contribution in [0.4, 0.5) is 5.69 Å². The van der Waals surface area contributed by atoms with E-state index >= 15 is 0 Å². The zero-order valence-electron chi connectivity index (χ0n) is 11.7. The second-order valence-corrected chi connectivity index (χ2v) is 4.84. The number of hydrogen-bond acceptors (Lipinski definition) is 1. The molecular weight excluding hydrogens is 256 g/mol. The van der Waals surface area contributed by atoms with Crippen molar-refractivity contribution in [2.45, 2.75) is 6.92 Å². The maximum absolute atomic E-state index is 7.36. The largest absolute Gasteiger partial charge is 0.256 e. The van der Waals surface area contributed by atoms with E-state index in [1.54, 1.807) is 6.20 Å². The first-order chi connectivity index (χ1) is 10.3. The molecule has 1 aromatic heterocycles. The van der Waals surface area contributed by atoms with Crippen molar-refractivity contribution < 1.29 is 0 Å². The Morgan fingerprint density at radius 3 is 2.19 bits per heavy atom. The predicted molar refractivity (Wildman–Crippen MR) is 86.1 cm³/mol. The smallest absolute Gasteiger partial charge is 0.194 e. The van der Waals surface area contributed by atoms with Crippen molar-refractivity contribution >= 4 is 5.69 Å². The van der Waals surface area contributed by atoms with Gasteiger partial charge in [0.2, 0.25) is 0 Å². The quantitative estimate of drug-likeness (QED) is 0.579. The molecule has 0 N–H and O–H groups in total. The standard InChI is InChI=1S/C19H14N2/c1-14-8-7-13-21-19(14)17-11-4-3-9-15(17)16-10-5-6-12-18(16)20-2/h3-13H,1H3. The van der Waals surface area contributed by atoms with Gasteiger partial charge >= 0.3 is 0 Å². The highest BCUT2D eigenvalue weighted by Crippen LogP contribution is 2.37. The van der Waals surface area contributed by atoms with Gasteiger partial charge in [-0.1, -0.05) is 54.6 Å². The molecule has 0 bridgehead atoms. The zero-order valence-corrected chi connectivity index (χ0v) is 11.7. The molecule has 2 nitrogen and oxygen atoms in total. The molecule has 0 atom stereocenters. The molecule has 0 aliphatic carbocycles. The molecule has 0 spiro atoms. The molecule has 21 heavy (non-hydrogen) atoms. The van der Waals surface area contributed by atoms with Crippen molar-refractivity contribution in [3.8, 4) is 22.4 Å². The number of hydrogen-bond donors (Lipinski definition) is 0. The van der Waals surface area contributed by atoms with Gasteiger partial charge in [0, 0.05) is 11.8 Å². The van der Waals surface area contributed by atoms with Crippen molar-refractivity contribution in [1.29, 1.82) is 0 Å². The minimum Gasteiger partial charge on any atom is -0.256 e. The summed E-state index contributed by atoms with van der Waals surface area (Å²) in [5.41, 5.74) is 5.82. The third-order valence-electron chi connectivity index (χ3n) is 3.51. The first kappa shape index (κ1) is 13.1. The highest BCUT2D eigenvalue weighted by Gasteiger charge is 2.12. The second-order valence-electron chi connectivity index (χ2n) is 4.84. The van der Waals surface area contributed by atoms with Crippen LogP contribution in [-0.2, 0) is 0 Å². The number of rotatable bonds is 2. The molecule has 1 heterocycles. The number of aromatic nitrogens is 1. The van der Waals surface area contributed by atoms with Gasteiger partial charge in [0.05, 0.1) is 12.3 Å². The topological polar surface area (TPSA) is 17.2 Å². The second kappa shape index (κ2) is 5.60. The van der Waals surface area contributed by atoms with Crippen LogP contribution < -0.4 is 0 Å². The van der Waals surface area contributed by atoms with Crippen LogP contribution in [0.2, 0.25) is 0 Å². The summed E-state index contributed by atoms with van der Waals surface area (Å²) < 4.78 is 0. The molecular formula is C19H14N2. The van der Waals surface area contributed by atoms with E-state index in [0.29, 0.717) is 5.69 Å². The van der Waals surface area contributed by atoms with Crippen LogP contribution in [0.3, 0.4) is 0 Å². The molecule has 3 rings (SSSR count). The van der Waals surface area contributed by atoms with E-state index in [2.05, 4.69) is 28.9 Å². The van der Waals surface area contributed by atoms with E-state index in [-0.39, 0.29) is 0 Å². The van der Waals surface area contributed by atoms with Gasteiger partial charge < -0.3 is 0 Å². The van der Waals surface area contributed by atoms with E-state index < -0.39 is 0 Å². The van der Waals surface area contributed by atoms with E-state index in [1.807, 2.05) is 48.5 Å². The summed E-state index contributed by atoms with van der Waals surface area (Å²) in [7, 11) is 0. The van der Waals surface area contributed by atoms with Gasteiger partial charge in [-0.3, -0.25) is 4.98 Å². The molecule has 0 radical (unpaired) electrons. The summed E-state index contributed by atoms with van der Waals surface area (Å²) in [5.74, 6) is 0. The summed E-state index contributed by atoms with van der Waals surface area (Å²) in [4.78, 5) is 8.15. The average molecular weight is 270 g/mol. The van der Waals surface area contributed by atoms with Crippen LogP contribution in [-0.4, -0.2) is 4.98 Å². The fraction of sp³-hybridized carbons (Fsp3) is 0.0526. The molecule has 0 aliphatic rings. The lowest BCUT2D eigenvalue weighted by atomic mass is 9.94. The van der Waals surface area contributed by atoms with Gasteiger partial charge in [-0.25, -0.2) is 4.85 Å². The fourth-order valence-corrected chi connectivity index (χ4v) is 2.49. The summed E-state index contributed by atoms with van der Waals surface area (Å²) in [6, 6.07) is 19.8. The minimum absolute atomic E-state index is 0.665. The van der Waals surface area contributed by atoms with Crippen molar-refractivity contribution in [2.24, 2.45) is 0 Å². The summed E-state index contributed by atoms with van der Waals surface area (Å²) >= 11 is 0. The van der Waals surface area contributed by atoms with Crippen LogP contribution in [0.15, 0.2) is 66.9 Å². The van der Waals surface area contributed by atoms with Crippen molar-refractivity contribution in [3.63, 3.8) is 0 Å². The van der Waals surface area contributed by atoms with E-state index in [1.165, 1.54) is 0 Å². The van der Waals surface area contributed by atoms with Crippen molar-refractivity contribution in [3.05, 3.63) is 83.8 Å². The third kappa shape index (κ3) is 2.42. The van der Waals surface area contributed by atoms with Crippen LogP contribution >= 0.6 is 0 Å². The monoisotopic (exact) mass is 270 g/mol. The molecule has 2 heteroatoms. The maximum Gasteiger partial charge on any atom is 0.194 e. The summed E-state index contributed by atoms with van der Waals surface area (Å²) in [6.45, 7) is 9.42. The van der Waals surface area contributed by atoms with Gasteiger partial charge in [-0.2, -0.15) is 0 Å². The average Bonchev–Trinajstić information content (AvgIpc) is 2.55. The minimum atomic E-state index is 0.665. The van der Waals surface area contributed by atoms with E-state index in [4.69, 9.17) is 6.57 Å². The molecule has 100 valence electrons. The van der Waals surface area contributed by atoms with Crippen LogP contribution in [0.5, 0.6) is 0 Å². The zero-order chi connectivity index (χ0) is 14.7. The Balaban J connectivity index is 2.27. The molecule has 3 aromatic rings. The maximum atomic E-state index is 7.36. The predicted octanol–water partition coefficient (Wildman–Crippen LogP) is 5.27. The molecule has 0 fully saturated rings. The lowest BCUT2D eigenvalue weighted by Gasteiger charge is -2.12. The Morgan fingerprint density at radius 2 is 1.48 bits per heavy atom. The third-order valence-corrected chi connectivity index (χ3v) is 3.51. The summed E-state index contributed by atoms with van der Waals surface area (Å²) in [6.07, 6.45) is 1.81. The Hall–Kier alpha value is -2.92. The number of para-hydroxylation sites is 1. The Kier molecular flexibility index (Phi) is 3.49. The molecule has 0 amide bonds. The number of benzene rings is 2. The highest BCUT2D eigenvalue weighted by atomic mass is 14.7. The highest BCUT2D eigenvalue weighted by molar-refractivity contribution is 5.89. The van der Waals surface area contributed by atoms with Crippen molar-refractivity contribution in [2.75, 3.05) is 0 Å². The Bertz CT molecular complexity index is 829. The number of aryl methyl sites for hydroxylation is 1. The van der Waals surface area contributed by atoms with Gasteiger partial charge in [0.1, 0.15) is 0 Å². The van der Waals surface area contributed by atoms with Crippen LogP contribution in [0.25, 0.3) is 27.2 Å². The summed E-state index contributed by atoms with van der Waals surface area (Å²) in [5, 5.41) is 0. The first-order valence-corrected chi connectivity index (χ1v) is 6.79. The van der Waals surface area contributed by atoms with E-state index in [9.17, 15) is 0 Å². The van der Waals surface area contributed by atoms with Crippen molar-refractivity contribution in [1.82, 2.24) is 4.98 Å².